The summed E-state index contributed by atoms with van der Waals surface area (Å²) < 4.78 is 33.4. The second-order valence-corrected chi connectivity index (χ2v) is 11.5. The Morgan fingerprint density at radius 3 is 2.50 bits per heavy atom. The van der Waals surface area contributed by atoms with Crippen LogP contribution in [0.4, 0.5) is 4.39 Å². The summed E-state index contributed by atoms with van der Waals surface area (Å²) >= 11 is 4.76. The number of ether oxygens (including phenoxy) is 3. The largest absolute Gasteiger partial charge is 0.493 e. The quantitative estimate of drug-likeness (QED) is 0.231. The molecule has 0 N–H and O–H groups in total. The van der Waals surface area contributed by atoms with Crippen LogP contribution in [0, 0.1) is 5.82 Å². The monoisotopic (exact) mass is 650 g/mol. The van der Waals surface area contributed by atoms with E-state index >= 15 is 0 Å². The molecule has 0 fully saturated rings. The van der Waals surface area contributed by atoms with Gasteiger partial charge >= 0.3 is 5.97 Å². The lowest BCUT2D eigenvalue weighted by Gasteiger charge is -2.25. The number of methoxy groups -OCH3 is 1. The van der Waals surface area contributed by atoms with Crippen LogP contribution in [0.1, 0.15) is 43.5 Å². The molecule has 3 aromatic carbocycles. The van der Waals surface area contributed by atoms with Gasteiger partial charge < -0.3 is 14.2 Å². The predicted molar refractivity (Wildman–Crippen MR) is 164 cm³/mol. The van der Waals surface area contributed by atoms with Crippen molar-refractivity contribution in [1.82, 2.24) is 4.57 Å². The number of esters is 1. The summed E-state index contributed by atoms with van der Waals surface area (Å²) in [5, 5.41) is 0. The van der Waals surface area contributed by atoms with Gasteiger partial charge in [0.2, 0.25) is 0 Å². The molecule has 216 valence electrons. The molecule has 0 bridgehead atoms. The molecule has 1 aliphatic heterocycles. The summed E-state index contributed by atoms with van der Waals surface area (Å²) in [5.41, 5.74) is 2.20. The van der Waals surface area contributed by atoms with Crippen molar-refractivity contribution < 1.29 is 23.4 Å². The van der Waals surface area contributed by atoms with E-state index in [2.05, 4.69) is 15.9 Å². The van der Waals surface area contributed by atoms with Crippen molar-refractivity contribution in [3.8, 4) is 11.5 Å². The Kier molecular flexibility index (Phi) is 8.74. The molecule has 7 nitrogen and oxygen atoms in total. The Labute approximate surface area is 254 Å². The van der Waals surface area contributed by atoms with Gasteiger partial charge in [-0.1, -0.05) is 53.8 Å². The van der Waals surface area contributed by atoms with Crippen molar-refractivity contribution in [3.05, 3.63) is 119 Å². The minimum Gasteiger partial charge on any atom is -0.493 e. The van der Waals surface area contributed by atoms with Crippen molar-refractivity contribution in [3.63, 3.8) is 0 Å². The van der Waals surface area contributed by atoms with Crippen molar-refractivity contribution in [2.75, 3.05) is 13.7 Å². The third-order valence-corrected chi connectivity index (χ3v) is 8.03. The van der Waals surface area contributed by atoms with Gasteiger partial charge in [-0.3, -0.25) is 9.36 Å². The van der Waals surface area contributed by atoms with Crippen LogP contribution >= 0.6 is 27.3 Å². The van der Waals surface area contributed by atoms with Crippen LogP contribution in [0.25, 0.3) is 11.8 Å². The number of thiazole rings is 1. The third-order valence-electron chi connectivity index (χ3n) is 6.46. The molecule has 10 heteroatoms. The fourth-order valence-electron chi connectivity index (χ4n) is 4.73. The Hall–Kier alpha value is -4.02. The number of carbonyl (C=O) groups excluding carboxylic acids is 1. The summed E-state index contributed by atoms with van der Waals surface area (Å²) in [6.07, 6.45) is 1.68. The molecule has 0 saturated carbocycles. The van der Waals surface area contributed by atoms with E-state index < -0.39 is 17.8 Å². The number of rotatable bonds is 8. The first-order valence-corrected chi connectivity index (χ1v) is 14.9. The van der Waals surface area contributed by atoms with Gasteiger partial charge in [-0.25, -0.2) is 14.2 Å². The van der Waals surface area contributed by atoms with Crippen LogP contribution in [-0.4, -0.2) is 30.4 Å². The van der Waals surface area contributed by atoms with Gasteiger partial charge in [0.1, 0.15) is 5.82 Å². The minimum absolute atomic E-state index is 0.0661. The molecule has 1 aromatic heterocycles. The SMILES string of the molecule is CCOC(=O)C1=C(c2ccccc2)N=c2s/c(=C\c3cc(Br)c(OC(C)C)c(OC)c3)c(=O)n2[C@H]1c1ccc(F)cc1. The molecule has 42 heavy (non-hydrogen) atoms. The maximum absolute atomic E-state index is 14.1. The van der Waals surface area contributed by atoms with Crippen LogP contribution in [-0.2, 0) is 9.53 Å². The lowest BCUT2D eigenvalue weighted by Crippen LogP contribution is -2.40. The predicted octanol–water partition coefficient (Wildman–Crippen LogP) is 5.63. The lowest BCUT2D eigenvalue weighted by atomic mass is 9.93. The first-order valence-electron chi connectivity index (χ1n) is 13.3. The number of nitrogens with zero attached hydrogens (tertiary/aromatic N) is 2. The van der Waals surface area contributed by atoms with Crippen molar-refractivity contribution in [2.45, 2.75) is 32.9 Å². The normalized spacial score (nSPS) is 14.9. The Bertz CT molecular complexity index is 1850. The molecule has 5 rings (SSSR count). The number of halogens is 2. The number of carbonyl (C=O) groups is 1. The van der Waals surface area contributed by atoms with Gasteiger partial charge in [-0.05, 0) is 78.2 Å². The number of benzene rings is 3. The van der Waals surface area contributed by atoms with Gasteiger partial charge in [0.05, 0.1) is 46.1 Å². The molecule has 1 atom stereocenters. The molecule has 0 saturated heterocycles. The fraction of sp³-hybridized carbons (Fsp3) is 0.219. The van der Waals surface area contributed by atoms with Gasteiger partial charge in [0.15, 0.2) is 16.3 Å². The number of hydrogen-bond acceptors (Lipinski definition) is 7. The van der Waals surface area contributed by atoms with Gasteiger partial charge in [-0.15, -0.1) is 0 Å². The molecule has 4 aromatic rings. The molecule has 0 unspecified atom stereocenters. The van der Waals surface area contributed by atoms with E-state index in [-0.39, 0.29) is 23.8 Å². The maximum atomic E-state index is 14.1. The second-order valence-electron chi connectivity index (χ2n) is 9.68. The fourth-order valence-corrected chi connectivity index (χ4v) is 6.28. The van der Waals surface area contributed by atoms with Crippen molar-refractivity contribution in [2.24, 2.45) is 4.99 Å². The van der Waals surface area contributed by atoms with E-state index in [1.165, 1.54) is 28.0 Å². The first kappa shape index (κ1) is 29.5. The first-order chi connectivity index (χ1) is 20.2. The topological polar surface area (TPSA) is 79.1 Å². The van der Waals surface area contributed by atoms with Gasteiger partial charge in [0, 0.05) is 5.56 Å². The van der Waals surface area contributed by atoms with Crippen LogP contribution in [0.2, 0.25) is 0 Å². The van der Waals surface area contributed by atoms with E-state index in [9.17, 15) is 14.0 Å². The van der Waals surface area contributed by atoms with E-state index in [0.717, 1.165) is 0 Å². The highest BCUT2D eigenvalue weighted by atomic mass is 79.9. The van der Waals surface area contributed by atoms with Crippen LogP contribution < -0.4 is 24.4 Å². The molecule has 2 heterocycles. The minimum atomic E-state index is -0.888. The summed E-state index contributed by atoms with van der Waals surface area (Å²) in [5.74, 6) is 0.0462. The molecule has 1 aliphatic rings. The highest BCUT2D eigenvalue weighted by Gasteiger charge is 2.35. The molecular formula is C32H28BrFN2O5S. The van der Waals surface area contributed by atoms with Gasteiger partial charge in [0.25, 0.3) is 5.56 Å². The number of aromatic nitrogens is 1. The van der Waals surface area contributed by atoms with Crippen molar-refractivity contribution >= 4 is 45.0 Å². The second kappa shape index (κ2) is 12.5. The third kappa shape index (κ3) is 5.82. The summed E-state index contributed by atoms with van der Waals surface area (Å²) in [7, 11) is 1.55. The smallest absolute Gasteiger partial charge is 0.338 e. The molecule has 0 amide bonds. The van der Waals surface area contributed by atoms with Crippen molar-refractivity contribution in [1.29, 1.82) is 0 Å². The van der Waals surface area contributed by atoms with E-state index in [1.54, 1.807) is 38.3 Å². The summed E-state index contributed by atoms with van der Waals surface area (Å²) in [4.78, 5) is 32.8. The zero-order valence-electron chi connectivity index (χ0n) is 23.4. The zero-order chi connectivity index (χ0) is 30.0. The standard InChI is InChI=1S/C32H28BrFN2O5S/c1-5-40-31(38)26-27(20-9-7-6-8-10-20)35-32-36(28(26)21-11-13-22(34)14-12-21)30(37)25(42-32)17-19-15-23(33)29(41-18(2)3)24(16-19)39-4/h6-18,28H,5H2,1-4H3/b25-17-/t28-/m0/s1. The molecular weight excluding hydrogens is 623 g/mol. The maximum Gasteiger partial charge on any atom is 0.338 e. The van der Waals surface area contributed by atoms with Crippen LogP contribution in [0.3, 0.4) is 0 Å². The van der Waals surface area contributed by atoms with Gasteiger partial charge in [-0.2, -0.15) is 0 Å². The number of fused-ring (bicyclic) bond motifs is 1. The molecule has 0 radical (unpaired) electrons. The summed E-state index contributed by atoms with van der Waals surface area (Å²) in [6, 6.07) is 17.8. The molecule has 0 spiro atoms. The average molecular weight is 652 g/mol. The zero-order valence-corrected chi connectivity index (χ0v) is 25.8. The summed E-state index contributed by atoms with van der Waals surface area (Å²) in [6.45, 7) is 5.70. The van der Waals surface area contributed by atoms with E-state index in [1.807, 2.05) is 50.2 Å². The Balaban J connectivity index is 1.77. The van der Waals surface area contributed by atoms with E-state index in [0.29, 0.717) is 47.7 Å². The Morgan fingerprint density at radius 1 is 1.14 bits per heavy atom. The molecule has 0 aliphatic carbocycles. The highest BCUT2D eigenvalue weighted by molar-refractivity contribution is 9.10. The van der Waals surface area contributed by atoms with E-state index in [4.69, 9.17) is 19.2 Å². The average Bonchev–Trinajstić information content (AvgIpc) is 3.28. The lowest BCUT2D eigenvalue weighted by molar-refractivity contribution is -0.138. The van der Waals surface area contributed by atoms with Crippen LogP contribution in [0.5, 0.6) is 11.5 Å². The van der Waals surface area contributed by atoms with Crippen LogP contribution in [0.15, 0.2) is 86.6 Å². The highest BCUT2D eigenvalue weighted by Crippen LogP contribution is 2.38. The number of hydrogen-bond donors (Lipinski definition) is 0. The Morgan fingerprint density at radius 2 is 1.86 bits per heavy atom.